The highest BCUT2D eigenvalue weighted by Gasteiger charge is 2.54. The average molecular weight is 1100 g/mol. The van der Waals surface area contributed by atoms with Gasteiger partial charge in [-0.2, -0.15) is 0 Å². The van der Waals surface area contributed by atoms with Crippen LogP contribution in [0.25, 0.3) is 110 Å². The Balaban J connectivity index is 0.841. The Morgan fingerprint density at radius 1 is 0.264 bits per heavy atom. The molecule has 3 heteroatoms. The SMILES string of the molecule is c1cc(-c2ccc(N(c3ccc4c(c3)C3(c5ccccc5-4)c4ccccc4-c4c3ccc3ccccc43)c3cccc4c3-c3ccccc3C43c4ccccc4-n4c5ccccc5c5cccc3c54)cc2)cc(-n2c3ccccc3c3ccccc32)c1. The van der Waals surface area contributed by atoms with Gasteiger partial charge in [-0.3, -0.25) is 0 Å². The summed E-state index contributed by atoms with van der Waals surface area (Å²) in [6.07, 6.45) is 0. The van der Waals surface area contributed by atoms with Crippen LogP contribution in [0.15, 0.2) is 309 Å². The monoisotopic (exact) mass is 1100 g/mol. The van der Waals surface area contributed by atoms with E-state index >= 15 is 0 Å². The molecular weight excluding hydrogens is 1050 g/mol. The molecule has 3 nitrogen and oxygen atoms in total. The van der Waals surface area contributed by atoms with Gasteiger partial charge in [0.2, 0.25) is 0 Å². The lowest BCUT2D eigenvalue weighted by Crippen LogP contribution is -2.33. The first-order chi connectivity index (χ1) is 43.2. The summed E-state index contributed by atoms with van der Waals surface area (Å²) in [6.45, 7) is 0. The van der Waals surface area contributed by atoms with Crippen molar-refractivity contribution in [2.45, 2.75) is 10.8 Å². The van der Waals surface area contributed by atoms with E-state index in [-0.39, 0.29) is 0 Å². The van der Waals surface area contributed by atoms with Crippen LogP contribution in [0.4, 0.5) is 17.1 Å². The molecule has 0 amide bonds. The third-order valence-corrected chi connectivity index (χ3v) is 20.3. The molecular formula is C84H51N3. The number of rotatable bonds is 5. The van der Waals surface area contributed by atoms with Crippen LogP contribution in [0.1, 0.15) is 44.5 Å². The number of aromatic nitrogens is 2. The maximum Gasteiger partial charge on any atom is 0.0755 e. The second-order valence-corrected chi connectivity index (χ2v) is 24.1. The minimum atomic E-state index is -0.622. The summed E-state index contributed by atoms with van der Waals surface area (Å²) in [7, 11) is 0. The summed E-state index contributed by atoms with van der Waals surface area (Å²) in [5, 5.41) is 7.60. The average Bonchev–Trinajstić information content (AvgIpc) is 1.55. The van der Waals surface area contributed by atoms with Crippen LogP contribution in [-0.2, 0) is 10.8 Å². The number of anilines is 3. The molecule has 0 radical (unpaired) electrons. The van der Waals surface area contributed by atoms with E-state index in [1.54, 1.807) is 0 Å². The Morgan fingerprint density at radius 2 is 0.770 bits per heavy atom. The van der Waals surface area contributed by atoms with E-state index in [9.17, 15) is 0 Å². The van der Waals surface area contributed by atoms with Gasteiger partial charge in [0.1, 0.15) is 0 Å². The first-order valence-corrected chi connectivity index (χ1v) is 30.4. The Hall–Kier alpha value is -11.3. The minimum Gasteiger partial charge on any atom is -0.310 e. The van der Waals surface area contributed by atoms with Crippen molar-refractivity contribution in [1.82, 2.24) is 9.13 Å². The predicted molar refractivity (Wildman–Crippen MR) is 360 cm³/mol. The van der Waals surface area contributed by atoms with Crippen molar-refractivity contribution in [3.63, 3.8) is 0 Å². The van der Waals surface area contributed by atoms with E-state index in [2.05, 4.69) is 323 Å². The van der Waals surface area contributed by atoms with E-state index < -0.39 is 10.8 Å². The summed E-state index contributed by atoms with van der Waals surface area (Å²) in [5.74, 6) is 0. The first kappa shape index (κ1) is 47.1. The molecule has 2 unspecified atom stereocenters. The molecule has 2 aromatic heterocycles. The molecule has 14 aromatic carbocycles. The molecule has 402 valence electrons. The number of benzene rings is 14. The van der Waals surface area contributed by atoms with Crippen molar-refractivity contribution in [2.24, 2.45) is 0 Å². The van der Waals surface area contributed by atoms with Gasteiger partial charge >= 0.3 is 0 Å². The zero-order valence-electron chi connectivity index (χ0n) is 47.3. The van der Waals surface area contributed by atoms with Gasteiger partial charge < -0.3 is 14.0 Å². The highest BCUT2D eigenvalue weighted by Crippen LogP contribution is 2.66. The van der Waals surface area contributed by atoms with Gasteiger partial charge in [-0.25, -0.2) is 0 Å². The molecule has 0 N–H and O–H groups in total. The number of nitrogens with zero attached hydrogens (tertiary/aromatic N) is 3. The molecule has 0 fully saturated rings. The van der Waals surface area contributed by atoms with Gasteiger partial charge in [0.15, 0.2) is 0 Å². The quantitative estimate of drug-likeness (QED) is 0.167. The summed E-state index contributed by atoms with van der Waals surface area (Å²) >= 11 is 0. The maximum atomic E-state index is 2.58. The minimum absolute atomic E-state index is 0.562. The Morgan fingerprint density at radius 3 is 1.52 bits per heavy atom. The van der Waals surface area contributed by atoms with Gasteiger partial charge in [0.25, 0.3) is 0 Å². The number of fused-ring (bicyclic) bond motifs is 27. The molecule has 0 saturated heterocycles. The lowest BCUT2D eigenvalue weighted by molar-refractivity contribution is 0.748. The summed E-state index contributed by atoms with van der Waals surface area (Å²) in [4.78, 5) is 2.58. The van der Waals surface area contributed by atoms with Crippen molar-refractivity contribution in [2.75, 3.05) is 4.90 Å². The molecule has 16 aromatic rings. The molecule has 2 atom stereocenters. The van der Waals surface area contributed by atoms with Crippen LogP contribution in [0.3, 0.4) is 0 Å². The van der Waals surface area contributed by atoms with E-state index in [0.717, 1.165) is 33.9 Å². The first-order valence-electron chi connectivity index (χ1n) is 30.4. The van der Waals surface area contributed by atoms with Gasteiger partial charge in [0.05, 0.1) is 44.3 Å². The van der Waals surface area contributed by atoms with Crippen molar-refractivity contribution in [3.05, 3.63) is 354 Å². The second-order valence-electron chi connectivity index (χ2n) is 24.1. The Bertz CT molecular complexity index is 5620. The van der Waals surface area contributed by atoms with Crippen LogP contribution in [0.5, 0.6) is 0 Å². The van der Waals surface area contributed by atoms with E-state index in [1.807, 2.05) is 0 Å². The summed E-state index contributed by atoms with van der Waals surface area (Å²) in [6, 6.07) is 117. The van der Waals surface area contributed by atoms with Crippen LogP contribution in [-0.4, -0.2) is 9.13 Å². The number of hydrogen-bond acceptors (Lipinski definition) is 1. The van der Waals surface area contributed by atoms with E-state index in [4.69, 9.17) is 0 Å². The van der Waals surface area contributed by atoms with Crippen molar-refractivity contribution >= 4 is 71.4 Å². The standard InChI is InChI=1S/C84H51N3/c1-2-23-58-53(20-1)44-49-72-80(58)65-28-4-10-32-68(65)83(72)67-31-9-3-24-59(67)60-48-47-57(51-74(60)83)85(55-45-42-52(43-46-55)54-21-17-22-56(50-54)86-75-37-13-6-25-61(75)62-26-7-14-38-76(62)86)79-41-19-35-71-81(79)66-29-5-11-33-69(66)84(71)70-34-12-16-40-78(70)87-77-39-15-8-27-63(77)64-30-18-36-73(84)82(64)87/h1-51H. The summed E-state index contributed by atoms with van der Waals surface area (Å²) < 4.78 is 4.95. The van der Waals surface area contributed by atoms with E-state index in [1.165, 1.54) is 138 Å². The lowest BCUT2D eigenvalue weighted by Gasteiger charge is -2.39. The number of para-hydroxylation sites is 5. The van der Waals surface area contributed by atoms with Crippen molar-refractivity contribution in [3.8, 4) is 55.9 Å². The Labute approximate surface area is 503 Å². The van der Waals surface area contributed by atoms with Gasteiger partial charge in [0, 0.05) is 44.2 Å². The zero-order valence-corrected chi connectivity index (χ0v) is 47.3. The smallest absolute Gasteiger partial charge is 0.0755 e. The highest BCUT2D eigenvalue weighted by atomic mass is 15.1. The van der Waals surface area contributed by atoms with Crippen molar-refractivity contribution < 1.29 is 0 Å². The molecule has 20 rings (SSSR count). The molecule has 3 heterocycles. The molecule has 4 aliphatic rings. The zero-order chi connectivity index (χ0) is 56.7. The fourth-order valence-electron chi connectivity index (χ4n) is 17.1. The number of hydrogen-bond donors (Lipinski definition) is 0. The van der Waals surface area contributed by atoms with Crippen LogP contribution in [0.2, 0.25) is 0 Å². The molecule has 3 aliphatic carbocycles. The molecule has 0 bridgehead atoms. The van der Waals surface area contributed by atoms with Crippen LogP contribution in [0, 0.1) is 0 Å². The van der Waals surface area contributed by atoms with Crippen molar-refractivity contribution in [1.29, 1.82) is 0 Å². The topological polar surface area (TPSA) is 13.1 Å². The third kappa shape index (κ3) is 5.91. The van der Waals surface area contributed by atoms with Crippen LogP contribution >= 0.6 is 0 Å². The maximum absolute atomic E-state index is 2.58. The third-order valence-electron chi connectivity index (χ3n) is 20.3. The van der Waals surface area contributed by atoms with Gasteiger partial charge in [-0.15, -0.1) is 0 Å². The van der Waals surface area contributed by atoms with Gasteiger partial charge in [-0.1, -0.05) is 243 Å². The molecule has 2 spiro atoms. The largest absolute Gasteiger partial charge is 0.310 e. The molecule has 1 aliphatic heterocycles. The second kappa shape index (κ2) is 17.2. The molecule has 87 heavy (non-hydrogen) atoms. The molecule has 0 saturated carbocycles. The Kier molecular flexibility index (Phi) is 9.32. The van der Waals surface area contributed by atoms with E-state index in [0.29, 0.717) is 0 Å². The highest BCUT2D eigenvalue weighted by molar-refractivity contribution is 6.14. The lowest BCUT2D eigenvalue weighted by atomic mass is 9.65. The fraction of sp³-hybridized carbons (Fsp3) is 0.0238. The summed E-state index contributed by atoms with van der Waals surface area (Å²) in [5.41, 5.74) is 29.9. The fourth-order valence-corrected chi connectivity index (χ4v) is 17.1. The normalized spacial score (nSPS) is 16.1. The predicted octanol–water partition coefficient (Wildman–Crippen LogP) is 21.2. The van der Waals surface area contributed by atoms with Gasteiger partial charge in [-0.05, 0) is 161 Å². The van der Waals surface area contributed by atoms with Crippen LogP contribution < -0.4 is 4.90 Å².